The summed E-state index contributed by atoms with van der Waals surface area (Å²) >= 11 is 3.28. The molecule has 5 nitrogen and oxygen atoms in total. The average molecular weight is 338 g/mol. The van der Waals surface area contributed by atoms with Crippen LogP contribution in [0.25, 0.3) is 10.9 Å². The molecule has 6 heteroatoms. The van der Waals surface area contributed by atoms with E-state index in [9.17, 15) is 9.90 Å². The molecule has 1 atom stereocenters. The number of fused-ring (bicyclic) bond motifs is 1. The lowest BCUT2D eigenvalue weighted by atomic mass is 10.1. The second-order valence-corrected chi connectivity index (χ2v) is 5.39. The van der Waals surface area contributed by atoms with Crippen LogP contribution in [0.4, 0.5) is 0 Å². The quantitative estimate of drug-likeness (QED) is 0.932. The number of carbonyl (C=O) groups is 1. The molecule has 1 aromatic heterocycles. The van der Waals surface area contributed by atoms with Gasteiger partial charge in [-0.15, -0.1) is 0 Å². The molecule has 0 bridgehead atoms. The van der Waals surface area contributed by atoms with E-state index in [0.717, 1.165) is 6.42 Å². The van der Waals surface area contributed by atoms with Gasteiger partial charge in [-0.25, -0.2) is 4.79 Å². The van der Waals surface area contributed by atoms with E-state index in [-0.39, 0.29) is 11.7 Å². The molecule has 1 unspecified atom stereocenters. The van der Waals surface area contributed by atoms with Crippen molar-refractivity contribution in [1.82, 2.24) is 4.98 Å². The third-order valence-electron chi connectivity index (χ3n) is 3.21. The van der Waals surface area contributed by atoms with E-state index in [2.05, 4.69) is 20.9 Å². The van der Waals surface area contributed by atoms with E-state index in [1.807, 2.05) is 0 Å². The van der Waals surface area contributed by atoms with Crippen molar-refractivity contribution in [2.24, 2.45) is 0 Å². The molecular weight excluding hydrogens is 326 g/mol. The molecule has 0 amide bonds. The molecule has 1 N–H and O–H groups in total. The van der Waals surface area contributed by atoms with Crippen molar-refractivity contribution in [3.63, 3.8) is 0 Å². The van der Waals surface area contributed by atoms with E-state index in [0.29, 0.717) is 34.3 Å². The van der Waals surface area contributed by atoms with Crippen LogP contribution in [0.3, 0.4) is 0 Å². The number of pyridine rings is 1. The zero-order valence-corrected chi connectivity index (χ0v) is 12.1. The highest BCUT2D eigenvalue weighted by Crippen LogP contribution is 2.33. The van der Waals surface area contributed by atoms with E-state index in [1.54, 1.807) is 24.4 Å². The molecule has 1 fully saturated rings. The number of ether oxygens (including phenoxy) is 2. The van der Waals surface area contributed by atoms with Crippen molar-refractivity contribution in [3.05, 3.63) is 34.4 Å². The molecule has 3 rings (SSSR count). The number of halogens is 1. The number of nitrogens with zero attached hydrogens (tertiary/aromatic N) is 1. The molecule has 104 valence electrons. The highest BCUT2D eigenvalue weighted by atomic mass is 79.9. The molecule has 1 saturated heterocycles. The van der Waals surface area contributed by atoms with Gasteiger partial charge >= 0.3 is 5.97 Å². The minimum Gasteiger partial charge on any atom is -0.487 e. The van der Waals surface area contributed by atoms with Crippen molar-refractivity contribution in [1.29, 1.82) is 0 Å². The SMILES string of the molecule is O=C(O)c1c(Br)ccc2nccc(OC3CCOC3)c12. The standard InChI is InChI=1S/C14H12BrNO4/c15-9-1-2-10-13(12(9)14(17)18)11(3-5-16-10)20-8-4-6-19-7-8/h1-3,5,8H,4,6-7H2,(H,17,18). The van der Waals surface area contributed by atoms with Crippen LogP contribution in [-0.4, -0.2) is 35.4 Å². The Morgan fingerprint density at radius 3 is 3.00 bits per heavy atom. The Kier molecular flexibility index (Phi) is 3.58. The van der Waals surface area contributed by atoms with Gasteiger partial charge in [0.2, 0.25) is 0 Å². The van der Waals surface area contributed by atoms with Crippen LogP contribution >= 0.6 is 15.9 Å². The third kappa shape index (κ3) is 2.36. The Hall–Kier alpha value is -1.66. The van der Waals surface area contributed by atoms with Gasteiger partial charge in [0.05, 0.1) is 29.7 Å². The van der Waals surface area contributed by atoms with Gasteiger partial charge in [0.15, 0.2) is 0 Å². The Labute approximate surface area is 123 Å². The molecule has 0 aliphatic carbocycles. The Bertz CT molecular complexity index is 668. The lowest BCUT2D eigenvalue weighted by Gasteiger charge is -2.15. The van der Waals surface area contributed by atoms with Crippen molar-refractivity contribution in [3.8, 4) is 5.75 Å². The van der Waals surface area contributed by atoms with Gasteiger partial charge in [0.1, 0.15) is 11.9 Å². The van der Waals surface area contributed by atoms with Crippen LogP contribution in [0.5, 0.6) is 5.75 Å². The number of aromatic carboxylic acids is 1. The second kappa shape index (κ2) is 5.38. The molecule has 20 heavy (non-hydrogen) atoms. The molecule has 0 spiro atoms. The fraction of sp³-hybridized carbons (Fsp3) is 0.286. The van der Waals surface area contributed by atoms with E-state index in [4.69, 9.17) is 9.47 Å². The number of carboxylic acids is 1. The largest absolute Gasteiger partial charge is 0.487 e. The fourth-order valence-corrected chi connectivity index (χ4v) is 2.78. The summed E-state index contributed by atoms with van der Waals surface area (Å²) < 4.78 is 11.7. The number of hydrogen-bond donors (Lipinski definition) is 1. The Balaban J connectivity index is 2.15. The van der Waals surface area contributed by atoms with Crippen molar-refractivity contribution < 1.29 is 19.4 Å². The van der Waals surface area contributed by atoms with Crippen LogP contribution in [0.15, 0.2) is 28.9 Å². The zero-order valence-electron chi connectivity index (χ0n) is 10.5. The first-order chi connectivity index (χ1) is 9.66. The zero-order chi connectivity index (χ0) is 14.1. The van der Waals surface area contributed by atoms with Gasteiger partial charge < -0.3 is 14.6 Å². The van der Waals surface area contributed by atoms with Crippen molar-refractivity contribution in [2.45, 2.75) is 12.5 Å². The van der Waals surface area contributed by atoms with E-state index >= 15 is 0 Å². The third-order valence-corrected chi connectivity index (χ3v) is 3.87. The van der Waals surface area contributed by atoms with Crippen LogP contribution in [0, 0.1) is 0 Å². The van der Waals surface area contributed by atoms with Gasteiger partial charge in [0.25, 0.3) is 0 Å². The molecule has 1 aromatic carbocycles. The summed E-state index contributed by atoms with van der Waals surface area (Å²) in [6, 6.07) is 5.14. The van der Waals surface area contributed by atoms with E-state index in [1.165, 1.54) is 0 Å². The summed E-state index contributed by atoms with van der Waals surface area (Å²) in [5.74, 6) is -0.479. The first-order valence-electron chi connectivity index (χ1n) is 6.21. The summed E-state index contributed by atoms with van der Waals surface area (Å²) in [4.78, 5) is 15.7. The Morgan fingerprint density at radius 2 is 2.30 bits per heavy atom. The number of rotatable bonds is 3. The molecular formula is C14H12BrNO4. The van der Waals surface area contributed by atoms with Crippen LogP contribution < -0.4 is 4.74 Å². The molecule has 0 radical (unpaired) electrons. The highest BCUT2D eigenvalue weighted by Gasteiger charge is 2.22. The smallest absolute Gasteiger partial charge is 0.337 e. The lowest BCUT2D eigenvalue weighted by Crippen LogP contribution is -2.16. The monoisotopic (exact) mass is 337 g/mol. The molecule has 2 heterocycles. The minimum absolute atomic E-state index is 0.0405. The van der Waals surface area contributed by atoms with Gasteiger partial charge in [0, 0.05) is 17.1 Å². The number of benzene rings is 1. The Morgan fingerprint density at radius 1 is 1.45 bits per heavy atom. The number of aromatic nitrogens is 1. The second-order valence-electron chi connectivity index (χ2n) is 4.53. The molecule has 1 aliphatic heterocycles. The fourth-order valence-electron chi connectivity index (χ4n) is 2.28. The minimum atomic E-state index is -1.01. The molecule has 1 aliphatic rings. The lowest BCUT2D eigenvalue weighted by molar-refractivity contribution is 0.0697. The predicted molar refractivity (Wildman–Crippen MR) is 76.3 cm³/mol. The van der Waals surface area contributed by atoms with Gasteiger partial charge in [-0.2, -0.15) is 0 Å². The van der Waals surface area contributed by atoms with Crippen LogP contribution in [0.2, 0.25) is 0 Å². The molecule has 2 aromatic rings. The summed E-state index contributed by atoms with van der Waals surface area (Å²) in [6.45, 7) is 1.20. The van der Waals surface area contributed by atoms with Gasteiger partial charge in [-0.1, -0.05) is 0 Å². The summed E-state index contributed by atoms with van der Waals surface area (Å²) in [5.41, 5.74) is 0.770. The first-order valence-corrected chi connectivity index (χ1v) is 7.01. The number of hydrogen-bond acceptors (Lipinski definition) is 4. The van der Waals surface area contributed by atoms with E-state index < -0.39 is 5.97 Å². The predicted octanol–water partition coefficient (Wildman–Crippen LogP) is 2.86. The number of carboxylic acid groups (broad SMARTS) is 1. The maximum absolute atomic E-state index is 11.5. The summed E-state index contributed by atoms with van der Waals surface area (Å²) in [7, 11) is 0. The maximum atomic E-state index is 11.5. The summed E-state index contributed by atoms with van der Waals surface area (Å²) in [6.07, 6.45) is 2.38. The normalized spacial score (nSPS) is 18.4. The first kappa shape index (κ1) is 13.3. The van der Waals surface area contributed by atoms with Crippen LogP contribution in [0.1, 0.15) is 16.8 Å². The van der Waals surface area contributed by atoms with Crippen molar-refractivity contribution in [2.75, 3.05) is 13.2 Å². The van der Waals surface area contributed by atoms with Crippen LogP contribution in [-0.2, 0) is 4.74 Å². The van der Waals surface area contributed by atoms with Gasteiger partial charge in [-0.3, -0.25) is 4.98 Å². The van der Waals surface area contributed by atoms with Gasteiger partial charge in [-0.05, 0) is 34.1 Å². The maximum Gasteiger partial charge on any atom is 0.337 e. The molecule has 0 saturated carbocycles. The average Bonchev–Trinajstić information content (AvgIpc) is 2.91. The topological polar surface area (TPSA) is 68.7 Å². The highest BCUT2D eigenvalue weighted by molar-refractivity contribution is 9.10. The van der Waals surface area contributed by atoms with Crippen molar-refractivity contribution >= 4 is 32.8 Å². The summed E-state index contributed by atoms with van der Waals surface area (Å²) in [5, 5.41) is 9.93.